The highest BCUT2D eigenvalue weighted by atomic mass is 16.5. The zero-order chi connectivity index (χ0) is 15.8. The zero-order valence-electron chi connectivity index (χ0n) is 13.8. The molecule has 0 radical (unpaired) electrons. The second-order valence-electron chi connectivity index (χ2n) is 5.96. The van der Waals surface area contributed by atoms with Gasteiger partial charge in [-0.1, -0.05) is 13.8 Å². The summed E-state index contributed by atoms with van der Waals surface area (Å²) in [5.74, 6) is 0.266. The quantitative estimate of drug-likeness (QED) is 0.685. The van der Waals surface area contributed by atoms with E-state index in [-0.39, 0.29) is 5.97 Å². The Morgan fingerprint density at radius 1 is 1.29 bits per heavy atom. The number of carbonyl (C=O) groups is 1. The van der Waals surface area contributed by atoms with Gasteiger partial charge < -0.3 is 9.64 Å². The van der Waals surface area contributed by atoms with Gasteiger partial charge in [-0.15, -0.1) is 0 Å². The van der Waals surface area contributed by atoms with E-state index >= 15 is 0 Å². The van der Waals surface area contributed by atoms with Crippen molar-refractivity contribution in [2.24, 2.45) is 5.92 Å². The van der Waals surface area contributed by atoms with Crippen molar-refractivity contribution < 1.29 is 9.53 Å². The van der Waals surface area contributed by atoms with E-state index in [1.165, 1.54) is 7.11 Å². The number of nitrogens with zero attached hydrogens (tertiary/aromatic N) is 3. The Morgan fingerprint density at radius 3 is 2.48 bits per heavy atom. The maximum atomic E-state index is 11.4. The summed E-state index contributed by atoms with van der Waals surface area (Å²) in [6.45, 7) is 8.30. The molecule has 0 aliphatic carbocycles. The van der Waals surface area contributed by atoms with Gasteiger partial charge in [0.05, 0.1) is 18.4 Å². The first kappa shape index (κ1) is 17.6. The molecule has 0 spiro atoms. The molecule has 118 valence electrons. The van der Waals surface area contributed by atoms with Crippen molar-refractivity contribution in [3.8, 4) is 0 Å². The number of rotatable bonds is 8. The molecule has 0 saturated heterocycles. The summed E-state index contributed by atoms with van der Waals surface area (Å²) >= 11 is 0. The topological polar surface area (TPSA) is 45.7 Å². The lowest BCUT2D eigenvalue weighted by Crippen LogP contribution is -2.34. The van der Waals surface area contributed by atoms with E-state index in [1.807, 2.05) is 6.07 Å². The van der Waals surface area contributed by atoms with Crippen molar-refractivity contribution in [2.75, 3.05) is 40.8 Å². The van der Waals surface area contributed by atoms with E-state index in [4.69, 9.17) is 0 Å². The molecule has 0 aromatic carbocycles. The summed E-state index contributed by atoms with van der Waals surface area (Å²) < 4.78 is 4.68. The fourth-order valence-electron chi connectivity index (χ4n) is 2.08. The second-order valence-corrected chi connectivity index (χ2v) is 5.96. The van der Waals surface area contributed by atoms with Crippen LogP contribution in [0.25, 0.3) is 0 Å². The Morgan fingerprint density at radius 2 is 2.00 bits per heavy atom. The van der Waals surface area contributed by atoms with Crippen LogP contribution >= 0.6 is 0 Å². The summed E-state index contributed by atoms with van der Waals surface area (Å²) in [4.78, 5) is 20.3. The van der Waals surface area contributed by atoms with Gasteiger partial charge in [0.25, 0.3) is 0 Å². The van der Waals surface area contributed by atoms with Gasteiger partial charge in [0, 0.05) is 32.4 Å². The molecule has 0 bridgehead atoms. The minimum absolute atomic E-state index is 0.347. The van der Waals surface area contributed by atoms with E-state index in [2.05, 4.69) is 47.5 Å². The summed E-state index contributed by atoms with van der Waals surface area (Å²) in [6.07, 6.45) is 1.58. The van der Waals surface area contributed by atoms with Gasteiger partial charge in [-0.05, 0) is 32.1 Å². The standard InChI is InChI=1S/C16H27N3O2/c1-13(2)11-19(9-8-18(3)4)12-15-7-6-14(10-17-15)16(20)21-5/h6-7,10,13H,8-9,11-12H2,1-5H3. The summed E-state index contributed by atoms with van der Waals surface area (Å²) in [5.41, 5.74) is 1.46. The number of methoxy groups -OCH3 is 1. The van der Waals surface area contributed by atoms with Crippen LogP contribution < -0.4 is 0 Å². The molecular weight excluding hydrogens is 266 g/mol. The molecule has 0 amide bonds. The van der Waals surface area contributed by atoms with E-state index < -0.39 is 0 Å². The lowest BCUT2D eigenvalue weighted by atomic mass is 10.2. The number of ether oxygens (including phenoxy) is 1. The number of carbonyl (C=O) groups excluding carboxylic acids is 1. The SMILES string of the molecule is COC(=O)c1ccc(CN(CCN(C)C)CC(C)C)nc1. The van der Waals surface area contributed by atoms with Crippen molar-refractivity contribution in [1.82, 2.24) is 14.8 Å². The molecule has 1 rings (SSSR count). The van der Waals surface area contributed by atoms with Crippen LogP contribution in [0, 0.1) is 5.92 Å². The lowest BCUT2D eigenvalue weighted by Gasteiger charge is -2.25. The largest absolute Gasteiger partial charge is 0.465 e. The van der Waals surface area contributed by atoms with Gasteiger partial charge in [0.2, 0.25) is 0 Å². The van der Waals surface area contributed by atoms with Crippen LogP contribution in [-0.2, 0) is 11.3 Å². The molecule has 21 heavy (non-hydrogen) atoms. The van der Waals surface area contributed by atoms with Crippen molar-refractivity contribution in [2.45, 2.75) is 20.4 Å². The number of esters is 1. The number of hydrogen-bond acceptors (Lipinski definition) is 5. The highest BCUT2D eigenvalue weighted by molar-refractivity contribution is 5.88. The number of likely N-dealkylation sites (N-methyl/N-ethyl adjacent to an activating group) is 1. The van der Waals surface area contributed by atoms with Gasteiger partial charge in [-0.25, -0.2) is 4.79 Å². The van der Waals surface area contributed by atoms with Crippen molar-refractivity contribution in [3.05, 3.63) is 29.6 Å². The molecule has 5 heteroatoms. The molecule has 0 aliphatic heterocycles. The first-order valence-corrected chi connectivity index (χ1v) is 7.32. The molecule has 0 N–H and O–H groups in total. The summed E-state index contributed by atoms with van der Waals surface area (Å²) in [5, 5.41) is 0. The highest BCUT2D eigenvalue weighted by Crippen LogP contribution is 2.07. The molecule has 1 aromatic rings. The van der Waals surface area contributed by atoms with E-state index in [9.17, 15) is 4.79 Å². The van der Waals surface area contributed by atoms with Crippen LogP contribution in [-0.4, -0.2) is 61.6 Å². The van der Waals surface area contributed by atoms with Gasteiger partial charge in [-0.2, -0.15) is 0 Å². The van der Waals surface area contributed by atoms with Gasteiger partial charge in [0.1, 0.15) is 0 Å². The summed E-state index contributed by atoms with van der Waals surface area (Å²) in [6, 6.07) is 3.67. The molecule has 5 nitrogen and oxygen atoms in total. The molecule has 0 atom stereocenters. The van der Waals surface area contributed by atoms with Crippen molar-refractivity contribution in [3.63, 3.8) is 0 Å². The highest BCUT2D eigenvalue weighted by Gasteiger charge is 2.11. The van der Waals surface area contributed by atoms with Crippen LogP contribution in [0.4, 0.5) is 0 Å². The van der Waals surface area contributed by atoms with Gasteiger partial charge in [0.15, 0.2) is 0 Å². The fraction of sp³-hybridized carbons (Fsp3) is 0.625. The van der Waals surface area contributed by atoms with Crippen LogP contribution in [0.2, 0.25) is 0 Å². The number of aromatic nitrogens is 1. The average molecular weight is 293 g/mol. The van der Waals surface area contributed by atoms with Crippen LogP contribution in [0.1, 0.15) is 29.9 Å². The number of hydrogen-bond donors (Lipinski definition) is 0. The molecule has 0 saturated carbocycles. The maximum absolute atomic E-state index is 11.4. The molecule has 0 fully saturated rings. The lowest BCUT2D eigenvalue weighted by molar-refractivity contribution is 0.0600. The van der Waals surface area contributed by atoms with Crippen LogP contribution in [0.3, 0.4) is 0 Å². The third kappa shape index (κ3) is 6.69. The van der Waals surface area contributed by atoms with E-state index in [1.54, 1.807) is 12.3 Å². The first-order valence-electron chi connectivity index (χ1n) is 7.32. The van der Waals surface area contributed by atoms with Crippen LogP contribution in [0.5, 0.6) is 0 Å². The maximum Gasteiger partial charge on any atom is 0.339 e. The van der Waals surface area contributed by atoms with Crippen molar-refractivity contribution in [1.29, 1.82) is 0 Å². The second kappa shape index (κ2) is 8.74. The smallest absolute Gasteiger partial charge is 0.339 e. The Bertz CT molecular complexity index is 430. The predicted octanol–water partition coefficient (Wildman–Crippen LogP) is 1.89. The van der Waals surface area contributed by atoms with Gasteiger partial charge in [-0.3, -0.25) is 9.88 Å². The summed E-state index contributed by atoms with van der Waals surface area (Å²) in [7, 11) is 5.54. The Labute approximate surface area is 127 Å². The monoisotopic (exact) mass is 293 g/mol. The Balaban J connectivity index is 2.66. The first-order chi connectivity index (χ1) is 9.92. The average Bonchev–Trinajstić information content (AvgIpc) is 2.44. The molecule has 0 unspecified atom stereocenters. The zero-order valence-corrected chi connectivity index (χ0v) is 13.8. The number of pyridine rings is 1. The van der Waals surface area contributed by atoms with Crippen LogP contribution in [0.15, 0.2) is 18.3 Å². The van der Waals surface area contributed by atoms with E-state index in [0.29, 0.717) is 11.5 Å². The molecule has 1 aromatic heterocycles. The normalized spacial score (nSPS) is 11.4. The fourth-order valence-corrected chi connectivity index (χ4v) is 2.08. The molecule has 0 aliphatic rings. The molecular formula is C16H27N3O2. The van der Waals surface area contributed by atoms with Crippen molar-refractivity contribution >= 4 is 5.97 Å². The minimum Gasteiger partial charge on any atom is -0.465 e. The van der Waals surface area contributed by atoms with Gasteiger partial charge >= 0.3 is 5.97 Å². The Kier molecular flexibility index (Phi) is 7.32. The van der Waals surface area contributed by atoms with E-state index in [0.717, 1.165) is 31.9 Å². The predicted molar refractivity (Wildman–Crippen MR) is 84.2 cm³/mol. The third-order valence-electron chi connectivity index (χ3n) is 3.12. The minimum atomic E-state index is -0.347. The Hall–Kier alpha value is -1.46. The third-order valence-corrected chi connectivity index (χ3v) is 3.12. The molecule has 1 heterocycles.